The standard InChI is InChI=1S/C25H20F2N2O6/c1-13-7-8-14(22(30)32-3)9-15(13)17-5-4-6-21(28-17)29-23(31)24(2)12-33-18-11-20-19(10-16(18)24)34-25(26,27)35-20/h4-11H,12H2,1-3H3,(H,28,29,31)/t24-/m0/s1. The van der Waals surface area contributed by atoms with Gasteiger partial charge in [-0.25, -0.2) is 9.78 Å². The predicted octanol–water partition coefficient (Wildman–Crippen LogP) is 4.45. The van der Waals surface area contributed by atoms with E-state index in [2.05, 4.69) is 19.8 Å². The van der Waals surface area contributed by atoms with Crippen LogP contribution >= 0.6 is 0 Å². The first kappa shape index (κ1) is 22.6. The molecule has 35 heavy (non-hydrogen) atoms. The molecule has 10 heteroatoms. The summed E-state index contributed by atoms with van der Waals surface area (Å²) in [7, 11) is 1.31. The van der Waals surface area contributed by atoms with Gasteiger partial charge in [0.2, 0.25) is 5.91 Å². The van der Waals surface area contributed by atoms with E-state index >= 15 is 0 Å². The molecular formula is C25H20F2N2O6. The summed E-state index contributed by atoms with van der Waals surface area (Å²) in [4.78, 5) is 29.8. The number of nitrogens with zero attached hydrogens (tertiary/aromatic N) is 1. The molecule has 1 N–H and O–H groups in total. The van der Waals surface area contributed by atoms with Crippen LogP contribution in [0.1, 0.15) is 28.4 Å². The van der Waals surface area contributed by atoms with Crippen molar-refractivity contribution in [1.82, 2.24) is 4.98 Å². The van der Waals surface area contributed by atoms with E-state index in [1.54, 1.807) is 43.3 Å². The lowest BCUT2D eigenvalue weighted by atomic mass is 9.83. The van der Waals surface area contributed by atoms with Crippen LogP contribution in [0.3, 0.4) is 0 Å². The molecule has 0 radical (unpaired) electrons. The van der Waals surface area contributed by atoms with Crippen LogP contribution in [0, 0.1) is 6.92 Å². The fourth-order valence-corrected chi connectivity index (χ4v) is 4.07. The van der Waals surface area contributed by atoms with Crippen LogP contribution in [-0.2, 0) is 14.9 Å². The quantitative estimate of drug-likeness (QED) is 0.549. The van der Waals surface area contributed by atoms with Gasteiger partial charge in [-0.3, -0.25) is 4.79 Å². The third kappa shape index (κ3) is 3.90. The van der Waals surface area contributed by atoms with Crippen molar-refractivity contribution >= 4 is 17.7 Å². The van der Waals surface area contributed by atoms with Gasteiger partial charge in [0, 0.05) is 17.2 Å². The van der Waals surface area contributed by atoms with E-state index in [-0.39, 0.29) is 29.7 Å². The minimum atomic E-state index is -3.77. The van der Waals surface area contributed by atoms with Crippen LogP contribution in [0.5, 0.6) is 17.2 Å². The summed E-state index contributed by atoms with van der Waals surface area (Å²) < 4.78 is 46.3. The monoisotopic (exact) mass is 482 g/mol. The Balaban J connectivity index is 1.42. The molecule has 2 aliphatic heterocycles. The maximum absolute atomic E-state index is 13.5. The Morgan fingerprint density at radius 1 is 1.06 bits per heavy atom. The Labute approximate surface area is 198 Å². The zero-order valence-electron chi connectivity index (χ0n) is 19.0. The van der Waals surface area contributed by atoms with Crippen LogP contribution in [-0.4, -0.2) is 36.9 Å². The highest BCUT2D eigenvalue weighted by Gasteiger charge is 2.49. The van der Waals surface area contributed by atoms with Gasteiger partial charge in [-0.1, -0.05) is 12.1 Å². The normalized spacial score (nSPS) is 19.0. The second kappa shape index (κ2) is 7.93. The molecule has 5 rings (SSSR count). The molecule has 1 amide bonds. The maximum Gasteiger partial charge on any atom is 0.586 e. The Bertz CT molecular complexity index is 1380. The number of hydrogen-bond donors (Lipinski definition) is 1. The summed E-state index contributed by atoms with van der Waals surface area (Å²) in [5.41, 5.74) is 1.72. The number of rotatable bonds is 4. The number of methoxy groups -OCH3 is 1. The number of amides is 1. The van der Waals surface area contributed by atoms with Gasteiger partial charge >= 0.3 is 12.3 Å². The van der Waals surface area contributed by atoms with Crippen LogP contribution in [0.2, 0.25) is 0 Å². The van der Waals surface area contributed by atoms with Crippen molar-refractivity contribution in [2.24, 2.45) is 0 Å². The van der Waals surface area contributed by atoms with Crippen molar-refractivity contribution in [3.05, 3.63) is 65.2 Å². The van der Waals surface area contributed by atoms with E-state index in [4.69, 9.17) is 9.47 Å². The van der Waals surface area contributed by atoms with Crippen molar-refractivity contribution < 1.29 is 37.3 Å². The SMILES string of the molecule is COC(=O)c1ccc(C)c(-c2cccc(NC(=O)[C@@]3(C)COc4cc5c(cc43)OC(F)(F)O5)n2)c1. The van der Waals surface area contributed by atoms with Gasteiger partial charge in [0.15, 0.2) is 11.5 Å². The summed E-state index contributed by atoms with van der Waals surface area (Å²) >= 11 is 0. The number of aryl methyl sites for hydroxylation is 1. The minimum Gasteiger partial charge on any atom is -0.492 e. The highest BCUT2D eigenvalue weighted by Crippen LogP contribution is 2.50. The first-order chi connectivity index (χ1) is 16.6. The van der Waals surface area contributed by atoms with E-state index in [0.717, 1.165) is 5.56 Å². The Morgan fingerprint density at radius 2 is 1.80 bits per heavy atom. The molecule has 2 aliphatic rings. The summed E-state index contributed by atoms with van der Waals surface area (Å²) in [6.45, 7) is 3.51. The van der Waals surface area contributed by atoms with Crippen LogP contribution < -0.4 is 19.5 Å². The van der Waals surface area contributed by atoms with Gasteiger partial charge in [0.1, 0.15) is 23.6 Å². The molecule has 0 saturated carbocycles. The molecule has 3 heterocycles. The number of hydrogen-bond acceptors (Lipinski definition) is 7. The number of aromatic nitrogens is 1. The molecule has 2 aromatic carbocycles. The van der Waals surface area contributed by atoms with Gasteiger partial charge in [0.05, 0.1) is 18.4 Å². The number of carbonyl (C=O) groups is 2. The highest BCUT2D eigenvalue weighted by molar-refractivity contribution is 6.00. The summed E-state index contributed by atoms with van der Waals surface area (Å²) in [5.74, 6) is -0.692. The van der Waals surface area contributed by atoms with Gasteiger partial charge in [-0.2, -0.15) is 0 Å². The first-order valence-corrected chi connectivity index (χ1v) is 10.6. The first-order valence-electron chi connectivity index (χ1n) is 10.6. The van der Waals surface area contributed by atoms with Crippen molar-refractivity contribution in [1.29, 1.82) is 0 Å². The molecule has 1 aromatic heterocycles. The molecule has 0 aliphatic carbocycles. The Morgan fingerprint density at radius 3 is 2.54 bits per heavy atom. The van der Waals surface area contributed by atoms with Gasteiger partial charge < -0.3 is 24.3 Å². The smallest absolute Gasteiger partial charge is 0.492 e. The van der Waals surface area contributed by atoms with Gasteiger partial charge in [-0.05, 0) is 49.7 Å². The lowest BCUT2D eigenvalue weighted by Crippen LogP contribution is -2.39. The zero-order chi connectivity index (χ0) is 25.0. The van der Waals surface area contributed by atoms with Crippen LogP contribution in [0.4, 0.5) is 14.6 Å². The third-order valence-electron chi connectivity index (χ3n) is 6.04. The third-order valence-corrected chi connectivity index (χ3v) is 6.04. The number of benzene rings is 2. The van der Waals surface area contributed by atoms with Crippen molar-refractivity contribution in [2.75, 3.05) is 19.0 Å². The van der Waals surface area contributed by atoms with Crippen LogP contribution in [0.15, 0.2) is 48.5 Å². The fraction of sp³-hybridized carbons (Fsp3) is 0.240. The zero-order valence-corrected chi connectivity index (χ0v) is 19.0. The number of carbonyl (C=O) groups excluding carboxylic acids is 2. The summed E-state index contributed by atoms with van der Waals surface area (Å²) in [5, 5.41) is 2.79. The van der Waals surface area contributed by atoms with E-state index in [1.165, 1.54) is 19.2 Å². The summed E-state index contributed by atoms with van der Waals surface area (Å²) in [6.07, 6.45) is -3.77. The Hall–Kier alpha value is -4.21. The second-order valence-corrected chi connectivity index (χ2v) is 8.47. The van der Waals surface area contributed by atoms with Crippen molar-refractivity contribution in [2.45, 2.75) is 25.6 Å². The number of halogens is 2. The molecule has 8 nitrogen and oxygen atoms in total. The lowest BCUT2D eigenvalue weighted by molar-refractivity contribution is -0.286. The summed E-state index contributed by atoms with van der Waals surface area (Å²) in [6, 6.07) is 12.9. The topological polar surface area (TPSA) is 96.0 Å². The number of esters is 1. The molecule has 180 valence electrons. The number of anilines is 1. The molecule has 0 unspecified atom stereocenters. The van der Waals surface area contributed by atoms with Gasteiger partial charge in [-0.15, -0.1) is 8.78 Å². The lowest BCUT2D eigenvalue weighted by Gasteiger charge is -2.21. The number of fused-ring (bicyclic) bond motifs is 2. The molecule has 1 atom stereocenters. The van der Waals surface area contributed by atoms with E-state index in [9.17, 15) is 18.4 Å². The van der Waals surface area contributed by atoms with Gasteiger partial charge in [0.25, 0.3) is 0 Å². The number of pyridine rings is 1. The predicted molar refractivity (Wildman–Crippen MR) is 120 cm³/mol. The van der Waals surface area contributed by atoms with Crippen LogP contribution in [0.25, 0.3) is 11.3 Å². The van der Waals surface area contributed by atoms with E-state index < -0.39 is 23.6 Å². The van der Waals surface area contributed by atoms with Crippen molar-refractivity contribution in [3.8, 4) is 28.5 Å². The number of alkyl halides is 2. The molecule has 3 aromatic rings. The number of nitrogens with one attached hydrogen (secondary N) is 1. The Kier molecular flexibility index (Phi) is 5.12. The van der Waals surface area contributed by atoms with E-state index in [1.807, 2.05) is 6.92 Å². The molecule has 0 bridgehead atoms. The van der Waals surface area contributed by atoms with E-state index in [0.29, 0.717) is 22.4 Å². The minimum absolute atomic E-state index is 0.00652. The average Bonchev–Trinajstić information content (AvgIpc) is 3.32. The molecule has 0 saturated heterocycles. The molecule has 0 fully saturated rings. The second-order valence-electron chi connectivity index (χ2n) is 8.47. The largest absolute Gasteiger partial charge is 0.586 e. The fourth-order valence-electron chi connectivity index (χ4n) is 4.07. The number of ether oxygens (including phenoxy) is 4. The maximum atomic E-state index is 13.5. The van der Waals surface area contributed by atoms with Crippen molar-refractivity contribution in [3.63, 3.8) is 0 Å². The molecule has 0 spiro atoms. The molecular weight excluding hydrogens is 462 g/mol. The highest BCUT2D eigenvalue weighted by atomic mass is 19.3. The average molecular weight is 482 g/mol.